The molecule has 0 bridgehead atoms. The molecule has 0 amide bonds. The Kier molecular flexibility index (Phi) is 4.78. The zero-order valence-corrected chi connectivity index (χ0v) is 15.2. The van der Waals surface area contributed by atoms with Gasteiger partial charge in [-0.15, -0.1) is 0 Å². The summed E-state index contributed by atoms with van der Waals surface area (Å²) in [6.45, 7) is 1.10. The van der Waals surface area contributed by atoms with E-state index in [2.05, 4.69) is 14.9 Å². The van der Waals surface area contributed by atoms with E-state index in [1.54, 1.807) is 18.5 Å². The number of sulfonamides is 1. The van der Waals surface area contributed by atoms with Crippen LogP contribution < -0.4 is 14.2 Å². The van der Waals surface area contributed by atoms with Gasteiger partial charge in [-0.05, 0) is 17.7 Å². The Morgan fingerprint density at radius 1 is 1.00 bits per heavy atom. The predicted molar refractivity (Wildman–Crippen MR) is 97.0 cm³/mol. The number of hydrogen-bond acceptors (Lipinski definition) is 6. The van der Waals surface area contributed by atoms with Gasteiger partial charge in [0.25, 0.3) is 0 Å². The third-order valence-corrected chi connectivity index (χ3v) is 5.61. The van der Waals surface area contributed by atoms with Gasteiger partial charge in [-0.2, -0.15) is 15.0 Å². The van der Waals surface area contributed by atoms with Gasteiger partial charge >= 0.3 is 0 Å². The van der Waals surface area contributed by atoms with E-state index in [1.807, 2.05) is 30.3 Å². The second kappa shape index (κ2) is 7.37. The summed E-state index contributed by atoms with van der Waals surface area (Å²) in [4.78, 5) is 1.56. The van der Waals surface area contributed by atoms with Crippen LogP contribution in [0.25, 0.3) is 0 Å². The molecule has 2 heterocycles. The van der Waals surface area contributed by atoms with Crippen LogP contribution in [0.2, 0.25) is 0 Å². The lowest BCUT2D eigenvalue weighted by atomic mass is 10.1. The van der Waals surface area contributed by atoms with Crippen molar-refractivity contribution in [3.8, 4) is 11.5 Å². The highest BCUT2D eigenvalue weighted by Crippen LogP contribution is 2.32. The summed E-state index contributed by atoms with van der Waals surface area (Å²) in [6.07, 6.45) is 3.11. The van der Waals surface area contributed by atoms with Gasteiger partial charge in [0.05, 0.1) is 29.9 Å². The van der Waals surface area contributed by atoms with Crippen molar-refractivity contribution in [2.24, 2.45) is 0 Å². The van der Waals surface area contributed by atoms with Crippen molar-refractivity contribution < 1.29 is 17.9 Å². The van der Waals surface area contributed by atoms with Crippen molar-refractivity contribution in [1.29, 1.82) is 0 Å². The zero-order valence-electron chi connectivity index (χ0n) is 14.4. The predicted octanol–water partition coefficient (Wildman–Crippen LogP) is 1.77. The number of aromatic nitrogens is 3. The first-order chi connectivity index (χ1) is 13.1. The van der Waals surface area contributed by atoms with Crippen LogP contribution in [0.1, 0.15) is 11.6 Å². The molecule has 0 aliphatic carbocycles. The molecule has 1 aliphatic rings. The van der Waals surface area contributed by atoms with E-state index >= 15 is 0 Å². The van der Waals surface area contributed by atoms with Gasteiger partial charge in [0, 0.05) is 6.07 Å². The lowest BCUT2D eigenvalue weighted by Crippen LogP contribution is -2.32. The van der Waals surface area contributed by atoms with E-state index in [0.29, 0.717) is 24.7 Å². The molecule has 0 fully saturated rings. The summed E-state index contributed by atoms with van der Waals surface area (Å²) < 4.78 is 39.6. The summed E-state index contributed by atoms with van der Waals surface area (Å²) in [7, 11) is -3.80. The number of benzene rings is 2. The number of nitrogens with one attached hydrogen (secondary N) is 1. The fourth-order valence-electron chi connectivity index (χ4n) is 2.84. The van der Waals surface area contributed by atoms with Crippen molar-refractivity contribution in [2.75, 3.05) is 13.2 Å². The van der Waals surface area contributed by atoms with Crippen LogP contribution in [-0.2, 0) is 16.6 Å². The Labute approximate surface area is 156 Å². The van der Waals surface area contributed by atoms with Gasteiger partial charge in [-0.25, -0.2) is 13.1 Å². The lowest BCUT2D eigenvalue weighted by Gasteiger charge is -2.21. The molecule has 4 rings (SSSR count). The highest BCUT2D eigenvalue weighted by atomic mass is 32.2. The monoisotopic (exact) mass is 386 g/mol. The van der Waals surface area contributed by atoms with Gasteiger partial charge in [0.1, 0.15) is 13.2 Å². The third-order valence-electron chi connectivity index (χ3n) is 4.14. The highest BCUT2D eigenvalue weighted by Gasteiger charge is 2.24. The molecular weight excluding hydrogens is 368 g/mol. The van der Waals surface area contributed by atoms with Gasteiger partial charge in [0.2, 0.25) is 10.0 Å². The van der Waals surface area contributed by atoms with Crippen LogP contribution >= 0.6 is 0 Å². The molecule has 27 heavy (non-hydrogen) atoms. The Bertz CT molecular complexity index is 1010. The summed E-state index contributed by atoms with van der Waals surface area (Å²) in [6, 6.07) is 13.4. The van der Waals surface area contributed by atoms with Gasteiger partial charge < -0.3 is 9.47 Å². The number of hydrogen-bond donors (Lipinski definition) is 1. The minimum Gasteiger partial charge on any atom is -0.486 e. The van der Waals surface area contributed by atoms with E-state index in [1.165, 1.54) is 16.9 Å². The quantitative estimate of drug-likeness (QED) is 0.694. The Morgan fingerprint density at radius 3 is 2.44 bits per heavy atom. The molecule has 3 aromatic rings. The molecule has 0 saturated carbocycles. The van der Waals surface area contributed by atoms with Crippen LogP contribution in [0.3, 0.4) is 0 Å². The number of fused-ring (bicyclic) bond motifs is 1. The van der Waals surface area contributed by atoms with E-state index in [4.69, 9.17) is 9.47 Å². The summed E-state index contributed by atoms with van der Waals surface area (Å²) in [5.41, 5.74) is 0.816. The molecule has 2 aromatic carbocycles. The van der Waals surface area contributed by atoms with Crippen molar-refractivity contribution in [3.05, 3.63) is 66.5 Å². The highest BCUT2D eigenvalue weighted by molar-refractivity contribution is 7.89. The van der Waals surface area contributed by atoms with Gasteiger partial charge in [-0.3, -0.25) is 0 Å². The maximum absolute atomic E-state index is 13.0. The van der Waals surface area contributed by atoms with Gasteiger partial charge in [0.15, 0.2) is 11.5 Å². The van der Waals surface area contributed by atoms with Crippen LogP contribution in [0.4, 0.5) is 0 Å². The molecule has 140 valence electrons. The molecule has 0 radical (unpaired) electrons. The average Bonchev–Trinajstić information content (AvgIpc) is 3.21. The Morgan fingerprint density at radius 2 is 1.70 bits per heavy atom. The molecule has 9 heteroatoms. The normalized spacial score (nSPS) is 14.7. The summed E-state index contributed by atoms with van der Waals surface area (Å²) in [5, 5.41) is 8.15. The van der Waals surface area contributed by atoms with E-state index in [0.717, 1.165) is 5.56 Å². The van der Waals surface area contributed by atoms with E-state index in [-0.39, 0.29) is 11.4 Å². The summed E-state index contributed by atoms with van der Waals surface area (Å²) >= 11 is 0. The van der Waals surface area contributed by atoms with Crippen molar-refractivity contribution >= 4 is 10.0 Å². The maximum atomic E-state index is 13.0. The first kappa shape index (κ1) is 17.5. The minimum atomic E-state index is -3.80. The van der Waals surface area contributed by atoms with Crippen molar-refractivity contribution in [1.82, 2.24) is 19.7 Å². The fourth-order valence-corrected chi connectivity index (χ4v) is 4.07. The minimum absolute atomic E-state index is 0.112. The Balaban J connectivity index is 1.63. The molecule has 0 spiro atoms. The Hall–Kier alpha value is -2.91. The molecule has 0 saturated heterocycles. The van der Waals surface area contributed by atoms with Crippen molar-refractivity contribution in [2.45, 2.75) is 17.5 Å². The average molecular weight is 386 g/mol. The maximum Gasteiger partial charge on any atom is 0.241 e. The van der Waals surface area contributed by atoms with Crippen LogP contribution in [0.5, 0.6) is 11.5 Å². The second-order valence-electron chi connectivity index (χ2n) is 5.97. The SMILES string of the molecule is O=S(=O)(N[C@@H](Cn1nccn1)c1ccccc1)c1ccc2c(c1)OCCO2. The fraction of sp³-hybridized carbons (Fsp3) is 0.222. The van der Waals surface area contributed by atoms with Crippen molar-refractivity contribution in [3.63, 3.8) is 0 Å². The van der Waals surface area contributed by atoms with E-state index < -0.39 is 16.1 Å². The largest absolute Gasteiger partial charge is 0.486 e. The lowest BCUT2D eigenvalue weighted by molar-refractivity contribution is 0.171. The zero-order chi connectivity index (χ0) is 18.7. The molecule has 1 aliphatic heterocycles. The van der Waals surface area contributed by atoms with Crippen LogP contribution in [0.15, 0.2) is 65.8 Å². The topological polar surface area (TPSA) is 95.3 Å². The number of ether oxygens (including phenoxy) is 2. The first-order valence-electron chi connectivity index (χ1n) is 8.43. The number of nitrogens with zero attached hydrogens (tertiary/aromatic N) is 3. The smallest absolute Gasteiger partial charge is 0.241 e. The molecular formula is C18H18N4O4S. The first-order valence-corrected chi connectivity index (χ1v) is 9.91. The van der Waals surface area contributed by atoms with Crippen LogP contribution in [0, 0.1) is 0 Å². The standard InChI is InChI=1S/C18H18N4O4S/c23-27(24,15-6-7-17-18(12-15)26-11-10-25-17)21-16(13-22-19-8-9-20-22)14-4-2-1-3-5-14/h1-9,12,16,21H,10-11,13H2/t16-/m0/s1. The van der Waals surface area contributed by atoms with Gasteiger partial charge in [-0.1, -0.05) is 30.3 Å². The molecule has 1 N–H and O–H groups in total. The number of rotatable bonds is 6. The van der Waals surface area contributed by atoms with E-state index in [9.17, 15) is 8.42 Å². The molecule has 8 nitrogen and oxygen atoms in total. The second-order valence-corrected chi connectivity index (χ2v) is 7.69. The third kappa shape index (κ3) is 3.93. The van der Waals surface area contributed by atoms with Crippen LogP contribution in [-0.4, -0.2) is 36.6 Å². The summed E-state index contributed by atoms with van der Waals surface area (Å²) in [5.74, 6) is 0.967. The molecule has 0 unspecified atom stereocenters. The molecule has 1 atom stereocenters. The molecule has 1 aromatic heterocycles.